The third kappa shape index (κ3) is 5.23. The number of carboxylic acid groups (broad SMARTS) is 1. The van der Waals surface area contributed by atoms with Gasteiger partial charge in [-0.05, 0) is 67.6 Å². The van der Waals surface area contributed by atoms with Crippen LogP contribution in [0.5, 0.6) is 5.75 Å². The normalized spacial score (nSPS) is 10.9. The van der Waals surface area contributed by atoms with Crippen LogP contribution in [0.4, 0.5) is 8.78 Å². The summed E-state index contributed by atoms with van der Waals surface area (Å²) >= 11 is 0. The summed E-state index contributed by atoms with van der Waals surface area (Å²) in [6, 6.07) is 12.1. The summed E-state index contributed by atoms with van der Waals surface area (Å²) < 4.78 is 36.0. The largest absolute Gasteiger partial charge is 0.481 e. The van der Waals surface area contributed by atoms with Crippen LogP contribution in [0.3, 0.4) is 0 Å². The van der Waals surface area contributed by atoms with Gasteiger partial charge in [-0.2, -0.15) is 5.10 Å². The van der Waals surface area contributed by atoms with E-state index < -0.39 is 23.4 Å². The monoisotopic (exact) mass is 414 g/mol. The van der Waals surface area contributed by atoms with E-state index in [1.165, 1.54) is 17.7 Å². The minimum Gasteiger partial charge on any atom is -0.481 e. The average molecular weight is 414 g/mol. The van der Waals surface area contributed by atoms with Gasteiger partial charge in [-0.3, -0.25) is 4.79 Å². The Hall–Kier alpha value is -3.22. The first-order chi connectivity index (χ1) is 14.4. The molecule has 0 spiro atoms. The van der Waals surface area contributed by atoms with Gasteiger partial charge in [0, 0.05) is 6.42 Å². The fraction of sp³-hybridized carbons (Fsp3) is 0.304. The zero-order chi connectivity index (χ0) is 21.7. The van der Waals surface area contributed by atoms with Crippen LogP contribution in [0.1, 0.15) is 42.3 Å². The summed E-state index contributed by atoms with van der Waals surface area (Å²) in [7, 11) is 0. The molecule has 0 aliphatic heterocycles. The number of rotatable bonds is 9. The third-order valence-corrected chi connectivity index (χ3v) is 4.77. The second kappa shape index (κ2) is 9.52. The van der Waals surface area contributed by atoms with Gasteiger partial charge in [-0.15, -0.1) is 0 Å². The number of nitrogens with zero attached hydrogens (tertiary/aromatic N) is 2. The maximum absolute atomic E-state index is 14.4. The van der Waals surface area contributed by atoms with E-state index in [1.54, 1.807) is 4.68 Å². The second-order valence-electron chi connectivity index (χ2n) is 7.13. The smallest absolute Gasteiger partial charge is 0.303 e. The van der Waals surface area contributed by atoms with Gasteiger partial charge < -0.3 is 9.84 Å². The van der Waals surface area contributed by atoms with Gasteiger partial charge in [-0.25, -0.2) is 13.5 Å². The fourth-order valence-electron chi connectivity index (χ4n) is 3.24. The lowest BCUT2D eigenvalue weighted by atomic mass is 10.1. The minimum atomic E-state index is -0.938. The molecule has 5 nitrogen and oxygen atoms in total. The second-order valence-corrected chi connectivity index (χ2v) is 7.13. The minimum absolute atomic E-state index is 0.0515. The number of carbonyl (C=O) groups is 1. The summed E-state index contributed by atoms with van der Waals surface area (Å²) in [6.45, 7) is 3.86. The lowest BCUT2D eigenvalue weighted by Gasteiger charge is -2.12. The Morgan fingerprint density at radius 1 is 1.10 bits per heavy atom. The lowest BCUT2D eigenvalue weighted by molar-refractivity contribution is -0.137. The molecule has 0 fully saturated rings. The number of aromatic nitrogens is 2. The molecule has 0 radical (unpaired) electrons. The molecule has 0 unspecified atom stereocenters. The molecular weight excluding hydrogens is 390 g/mol. The van der Waals surface area contributed by atoms with Crippen molar-refractivity contribution in [3.05, 3.63) is 76.6 Å². The molecule has 7 heteroatoms. The Morgan fingerprint density at radius 2 is 1.77 bits per heavy atom. The zero-order valence-electron chi connectivity index (χ0n) is 17.0. The Morgan fingerprint density at radius 3 is 2.37 bits per heavy atom. The highest BCUT2D eigenvalue weighted by molar-refractivity contribution is 5.66. The SMILES string of the molecule is CCc1ccc(-n2nc(C)cc2COc2c(F)cc(CCCC(=O)O)cc2F)cc1. The molecule has 0 aliphatic carbocycles. The number of benzene rings is 2. The molecule has 0 aliphatic rings. The van der Waals surface area contributed by atoms with E-state index in [2.05, 4.69) is 12.0 Å². The van der Waals surface area contributed by atoms with Crippen LogP contribution in [0.2, 0.25) is 0 Å². The first-order valence-electron chi connectivity index (χ1n) is 9.84. The van der Waals surface area contributed by atoms with Gasteiger partial charge in [0.15, 0.2) is 17.4 Å². The maximum atomic E-state index is 14.4. The van der Waals surface area contributed by atoms with Crippen molar-refractivity contribution in [2.45, 2.75) is 46.1 Å². The molecule has 1 heterocycles. The van der Waals surface area contributed by atoms with E-state index in [1.807, 2.05) is 37.3 Å². The van der Waals surface area contributed by atoms with Gasteiger partial charge in [0.25, 0.3) is 0 Å². The number of hydrogen-bond acceptors (Lipinski definition) is 3. The molecular formula is C23H24F2N2O3. The van der Waals surface area contributed by atoms with Crippen molar-refractivity contribution in [2.75, 3.05) is 0 Å². The molecule has 1 N–H and O–H groups in total. The van der Waals surface area contributed by atoms with E-state index in [0.717, 1.165) is 17.8 Å². The number of ether oxygens (including phenoxy) is 1. The zero-order valence-corrected chi connectivity index (χ0v) is 17.0. The van der Waals surface area contributed by atoms with E-state index in [4.69, 9.17) is 9.84 Å². The highest BCUT2D eigenvalue weighted by Crippen LogP contribution is 2.26. The highest BCUT2D eigenvalue weighted by atomic mass is 19.1. The predicted octanol–water partition coefficient (Wildman–Crippen LogP) is 5.01. The number of hydrogen-bond donors (Lipinski definition) is 1. The van der Waals surface area contributed by atoms with Gasteiger partial charge in [0.1, 0.15) is 6.61 Å². The van der Waals surface area contributed by atoms with Crippen molar-refractivity contribution >= 4 is 5.97 Å². The Balaban J connectivity index is 1.74. The summed E-state index contributed by atoms with van der Waals surface area (Å²) in [5.41, 5.74) is 3.88. The quantitative estimate of drug-likeness (QED) is 0.535. The highest BCUT2D eigenvalue weighted by Gasteiger charge is 2.15. The van der Waals surface area contributed by atoms with Gasteiger partial charge in [-0.1, -0.05) is 19.1 Å². The summed E-state index contributed by atoms with van der Waals surface area (Å²) in [5, 5.41) is 13.1. The van der Waals surface area contributed by atoms with Crippen LogP contribution >= 0.6 is 0 Å². The molecule has 3 aromatic rings. The van der Waals surface area contributed by atoms with Gasteiger partial charge in [0.2, 0.25) is 0 Å². The van der Waals surface area contributed by atoms with Crippen molar-refractivity contribution in [1.29, 1.82) is 0 Å². The van der Waals surface area contributed by atoms with E-state index in [0.29, 0.717) is 17.7 Å². The van der Waals surface area contributed by atoms with Crippen LogP contribution in [0.25, 0.3) is 5.69 Å². The molecule has 1 aromatic heterocycles. The third-order valence-electron chi connectivity index (χ3n) is 4.77. The summed E-state index contributed by atoms with van der Waals surface area (Å²) in [5.74, 6) is -3.01. The van der Waals surface area contributed by atoms with E-state index in [-0.39, 0.29) is 19.4 Å². The predicted molar refractivity (Wildman–Crippen MR) is 109 cm³/mol. The Kier molecular flexibility index (Phi) is 6.82. The van der Waals surface area contributed by atoms with E-state index in [9.17, 15) is 13.6 Å². The number of aryl methyl sites for hydroxylation is 3. The number of halogens is 2. The molecule has 0 amide bonds. The van der Waals surface area contributed by atoms with E-state index >= 15 is 0 Å². The van der Waals surface area contributed by atoms with Crippen molar-refractivity contribution in [3.8, 4) is 11.4 Å². The molecule has 3 rings (SSSR count). The van der Waals surface area contributed by atoms with Crippen LogP contribution in [-0.4, -0.2) is 20.9 Å². The van der Waals surface area contributed by atoms with Crippen LogP contribution in [-0.2, 0) is 24.2 Å². The van der Waals surface area contributed by atoms with Crippen molar-refractivity contribution in [2.24, 2.45) is 0 Å². The molecule has 158 valence electrons. The average Bonchev–Trinajstić information content (AvgIpc) is 3.07. The number of aliphatic carboxylic acids is 1. The molecule has 30 heavy (non-hydrogen) atoms. The summed E-state index contributed by atoms with van der Waals surface area (Å²) in [6.07, 6.45) is 1.47. The van der Waals surface area contributed by atoms with Crippen LogP contribution in [0.15, 0.2) is 42.5 Å². The maximum Gasteiger partial charge on any atom is 0.303 e. The van der Waals surface area contributed by atoms with Crippen LogP contribution < -0.4 is 4.74 Å². The molecule has 0 atom stereocenters. The van der Waals surface area contributed by atoms with Crippen LogP contribution in [0, 0.1) is 18.6 Å². The topological polar surface area (TPSA) is 64.4 Å². The fourth-order valence-corrected chi connectivity index (χ4v) is 3.24. The molecule has 0 saturated heterocycles. The molecule has 0 bridgehead atoms. The lowest BCUT2D eigenvalue weighted by Crippen LogP contribution is -2.07. The molecule has 0 saturated carbocycles. The first kappa shape index (κ1) is 21.5. The Labute approximate surface area is 173 Å². The van der Waals surface area contributed by atoms with Crippen molar-refractivity contribution in [1.82, 2.24) is 9.78 Å². The first-order valence-corrected chi connectivity index (χ1v) is 9.84. The van der Waals surface area contributed by atoms with Gasteiger partial charge >= 0.3 is 5.97 Å². The van der Waals surface area contributed by atoms with Gasteiger partial charge in [0.05, 0.1) is 17.1 Å². The Bertz CT molecular complexity index is 1010. The molecule has 2 aromatic carbocycles. The van der Waals surface area contributed by atoms with Crippen molar-refractivity contribution < 1.29 is 23.4 Å². The standard InChI is InChI=1S/C23H24F2N2O3/c1-3-16-7-9-18(10-8-16)27-19(11-15(2)26-27)14-30-23-20(24)12-17(13-21(23)25)5-4-6-22(28)29/h7-13H,3-6,14H2,1-2H3,(H,28,29). The van der Waals surface area contributed by atoms with Crippen molar-refractivity contribution in [3.63, 3.8) is 0 Å². The summed E-state index contributed by atoms with van der Waals surface area (Å²) in [4.78, 5) is 10.6. The number of carboxylic acids is 1.